The molecule has 7 heteroatoms. The average molecular weight is 441 g/mol. The van der Waals surface area contributed by atoms with Crippen molar-refractivity contribution in [3.05, 3.63) is 29.8 Å². The molecule has 0 radical (unpaired) electrons. The predicted molar refractivity (Wildman–Crippen MR) is 125 cm³/mol. The summed E-state index contributed by atoms with van der Waals surface area (Å²) in [6.45, 7) is 7.29. The van der Waals surface area contributed by atoms with E-state index < -0.39 is 12.1 Å². The van der Waals surface area contributed by atoms with E-state index in [9.17, 15) is 14.4 Å². The molecule has 0 bridgehead atoms. The van der Waals surface area contributed by atoms with Crippen molar-refractivity contribution in [2.24, 2.45) is 5.92 Å². The number of hydrogen-bond acceptors (Lipinski definition) is 4. The number of benzene rings is 1. The summed E-state index contributed by atoms with van der Waals surface area (Å²) in [6.07, 6.45) is 6.73. The molecule has 3 atom stereocenters. The molecule has 174 valence electrons. The van der Waals surface area contributed by atoms with E-state index in [1.165, 1.54) is 50.1 Å². The smallest absolute Gasteiger partial charge is 0.329 e. The van der Waals surface area contributed by atoms with Gasteiger partial charge < -0.3 is 15.5 Å². The minimum atomic E-state index is -0.651. The second-order valence-corrected chi connectivity index (χ2v) is 9.77. The van der Waals surface area contributed by atoms with Crippen molar-refractivity contribution in [3.8, 4) is 0 Å². The summed E-state index contributed by atoms with van der Waals surface area (Å²) in [7, 11) is 0. The fourth-order valence-corrected chi connectivity index (χ4v) is 5.40. The lowest BCUT2D eigenvalue weighted by Crippen LogP contribution is -2.51. The first-order valence-corrected chi connectivity index (χ1v) is 12.2. The Hall–Kier alpha value is -2.41. The van der Waals surface area contributed by atoms with Gasteiger partial charge in [-0.15, -0.1) is 0 Å². The van der Waals surface area contributed by atoms with Crippen molar-refractivity contribution in [2.45, 2.75) is 76.8 Å². The highest BCUT2D eigenvalue weighted by Gasteiger charge is 2.39. The number of hydrogen-bond donors (Lipinski definition) is 2. The number of nitrogens with one attached hydrogen (secondary N) is 2. The van der Waals surface area contributed by atoms with Crippen LogP contribution in [0.5, 0.6) is 0 Å². The van der Waals surface area contributed by atoms with Crippen LogP contribution in [0.3, 0.4) is 0 Å². The van der Waals surface area contributed by atoms with Crippen LogP contribution >= 0.6 is 0 Å². The van der Waals surface area contributed by atoms with Crippen molar-refractivity contribution < 1.29 is 14.4 Å². The van der Waals surface area contributed by atoms with E-state index in [2.05, 4.69) is 29.4 Å². The Bertz CT molecular complexity index is 836. The summed E-state index contributed by atoms with van der Waals surface area (Å²) in [5, 5.41) is 5.83. The highest BCUT2D eigenvalue weighted by Crippen LogP contribution is 2.30. The predicted octanol–water partition coefficient (Wildman–Crippen LogP) is 3.40. The lowest BCUT2D eigenvalue weighted by Gasteiger charge is -2.44. The van der Waals surface area contributed by atoms with Crippen LogP contribution < -0.4 is 15.5 Å². The molecule has 1 aromatic carbocycles. The molecular weight excluding hydrogens is 404 g/mol. The van der Waals surface area contributed by atoms with E-state index in [0.717, 1.165) is 5.56 Å². The van der Waals surface area contributed by atoms with Gasteiger partial charge >= 0.3 is 6.03 Å². The number of carbonyl (C=O) groups is 3. The van der Waals surface area contributed by atoms with Crippen molar-refractivity contribution in [3.63, 3.8) is 0 Å². The van der Waals surface area contributed by atoms with Gasteiger partial charge in [-0.3, -0.25) is 9.59 Å². The van der Waals surface area contributed by atoms with Gasteiger partial charge in [-0.1, -0.05) is 32.4 Å². The molecule has 32 heavy (non-hydrogen) atoms. The van der Waals surface area contributed by atoms with Crippen molar-refractivity contribution in [1.29, 1.82) is 0 Å². The van der Waals surface area contributed by atoms with E-state index in [0.29, 0.717) is 36.5 Å². The lowest BCUT2D eigenvalue weighted by atomic mass is 9.83. The van der Waals surface area contributed by atoms with Crippen LogP contribution in [0.1, 0.15) is 70.3 Å². The summed E-state index contributed by atoms with van der Waals surface area (Å²) in [4.78, 5) is 41.5. The van der Waals surface area contributed by atoms with Crippen molar-refractivity contribution >= 4 is 23.5 Å². The van der Waals surface area contributed by atoms with Gasteiger partial charge in [0.25, 0.3) is 5.91 Å². The van der Waals surface area contributed by atoms with Crippen molar-refractivity contribution in [2.75, 3.05) is 24.5 Å². The Morgan fingerprint density at radius 3 is 2.59 bits per heavy atom. The second-order valence-electron chi connectivity index (χ2n) is 9.77. The van der Waals surface area contributed by atoms with Crippen LogP contribution in [0.15, 0.2) is 24.3 Å². The van der Waals surface area contributed by atoms with Gasteiger partial charge in [0.15, 0.2) is 0 Å². The number of urea groups is 1. The highest BCUT2D eigenvalue weighted by molar-refractivity contribution is 6.21. The summed E-state index contributed by atoms with van der Waals surface area (Å²) in [6, 6.07) is 7.03. The van der Waals surface area contributed by atoms with E-state index in [-0.39, 0.29) is 18.2 Å². The van der Waals surface area contributed by atoms with E-state index >= 15 is 0 Å². The molecule has 0 saturated carbocycles. The van der Waals surface area contributed by atoms with E-state index in [4.69, 9.17) is 0 Å². The first kappa shape index (κ1) is 22.8. The van der Waals surface area contributed by atoms with Crippen LogP contribution in [0.25, 0.3) is 0 Å². The Morgan fingerprint density at radius 1 is 1.09 bits per heavy atom. The van der Waals surface area contributed by atoms with Gasteiger partial charge in [0.05, 0.1) is 5.69 Å². The zero-order valence-corrected chi connectivity index (χ0v) is 19.3. The quantitative estimate of drug-likeness (QED) is 0.637. The third kappa shape index (κ3) is 4.98. The fraction of sp³-hybridized carbons (Fsp3) is 0.640. The number of imide groups is 1. The summed E-state index contributed by atoms with van der Waals surface area (Å²) >= 11 is 0. The summed E-state index contributed by atoms with van der Waals surface area (Å²) < 4.78 is 0. The first-order valence-electron chi connectivity index (χ1n) is 12.2. The minimum absolute atomic E-state index is 0.0419. The Kier molecular flexibility index (Phi) is 7.13. The van der Waals surface area contributed by atoms with Crippen molar-refractivity contribution in [1.82, 2.24) is 15.5 Å². The molecule has 4 amide bonds. The number of rotatable bonds is 7. The molecule has 3 heterocycles. The molecule has 3 aliphatic heterocycles. The molecule has 7 nitrogen and oxygen atoms in total. The van der Waals surface area contributed by atoms with Crippen LogP contribution in [-0.2, 0) is 9.59 Å². The summed E-state index contributed by atoms with van der Waals surface area (Å²) in [5.74, 6) is 0.572. The Morgan fingerprint density at radius 2 is 1.84 bits per heavy atom. The average Bonchev–Trinajstić information content (AvgIpc) is 3.09. The van der Waals surface area contributed by atoms with Gasteiger partial charge in [-0.05, 0) is 74.7 Å². The monoisotopic (exact) mass is 440 g/mol. The number of piperidine rings is 2. The fourth-order valence-electron chi connectivity index (χ4n) is 5.40. The molecule has 4 rings (SSSR count). The minimum Gasteiger partial charge on any atom is -0.356 e. The van der Waals surface area contributed by atoms with Gasteiger partial charge in [0.2, 0.25) is 5.91 Å². The molecule has 3 fully saturated rings. The van der Waals surface area contributed by atoms with E-state index in [1.54, 1.807) is 12.1 Å². The first-order chi connectivity index (χ1) is 15.4. The SMILES string of the molecule is CC(C)c1ccc(N2C(=O)N[C@@H](CCC(=O)NC[C@@H]3CCCN4CCCC[C@H]34)C2=O)cc1. The second kappa shape index (κ2) is 10.0. The van der Waals surface area contributed by atoms with Gasteiger partial charge in [0, 0.05) is 19.0 Å². The topological polar surface area (TPSA) is 81.8 Å². The highest BCUT2D eigenvalue weighted by atomic mass is 16.2. The van der Waals surface area contributed by atoms with Gasteiger partial charge in [-0.2, -0.15) is 0 Å². The summed E-state index contributed by atoms with van der Waals surface area (Å²) in [5.41, 5.74) is 1.72. The van der Waals surface area contributed by atoms with Gasteiger partial charge in [-0.25, -0.2) is 9.69 Å². The maximum Gasteiger partial charge on any atom is 0.329 e. The Balaban J connectivity index is 1.26. The van der Waals surface area contributed by atoms with Crippen LogP contribution in [0.2, 0.25) is 0 Å². The van der Waals surface area contributed by atoms with Gasteiger partial charge in [0.1, 0.15) is 6.04 Å². The standard InChI is InChI=1S/C25H36N4O3/c1-17(2)18-8-10-20(11-9-18)29-24(31)21(27-25(29)32)12-13-23(30)26-16-19-6-5-15-28-14-4-3-7-22(19)28/h8-11,17,19,21-22H,3-7,12-16H2,1-2H3,(H,26,30)(H,27,32)/t19-,21-,22+/m0/s1. The molecular formula is C25H36N4O3. The number of fused-ring (bicyclic) bond motifs is 1. The maximum atomic E-state index is 12.8. The molecule has 0 spiro atoms. The molecule has 1 aromatic rings. The molecule has 3 saturated heterocycles. The molecule has 3 aliphatic rings. The van der Waals surface area contributed by atoms with E-state index in [1.807, 2.05) is 12.1 Å². The number of amides is 4. The molecule has 0 unspecified atom stereocenters. The lowest BCUT2D eigenvalue weighted by molar-refractivity contribution is -0.122. The number of nitrogens with zero attached hydrogens (tertiary/aromatic N) is 2. The molecule has 0 aliphatic carbocycles. The van der Waals surface area contributed by atoms with Crippen LogP contribution in [-0.4, -0.2) is 54.5 Å². The third-order valence-corrected chi connectivity index (χ3v) is 7.29. The molecule has 0 aromatic heterocycles. The third-order valence-electron chi connectivity index (χ3n) is 7.29. The Labute approximate surface area is 190 Å². The zero-order chi connectivity index (χ0) is 22.7. The normalized spacial score (nSPS) is 26.2. The molecule has 2 N–H and O–H groups in total. The maximum absolute atomic E-state index is 12.8. The number of carbonyl (C=O) groups excluding carboxylic acids is 3. The zero-order valence-electron chi connectivity index (χ0n) is 19.3. The largest absolute Gasteiger partial charge is 0.356 e. The van der Waals surface area contributed by atoms with Crippen LogP contribution in [0, 0.1) is 5.92 Å². The van der Waals surface area contributed by atoms with Crippen LogP contribution in [0.4, 0.5) is 10.5 Å². The number of anilines is 1.